The lowest BCUT2D eigenvalue weighted by molar-refractivity contribution is 0.0877. The monoisotopic (exact) mass is 894 g/mol. The fourth-order valence-corrected chi connectivity index (χ4v) is 9.56. The molecule has 0 spiro atoms. The predicted octanol–water partition coefficient (Wildman–Crippen LogP) is 11.1. The average molecular weight is 895 g/mol. The largest absolute Gasteiger partial charge is 0.356 e. The minimum Gasteiger partial charge on any atom is -0.356 e. The van der Waals surface area contributed by atoms with E-state index in [1.165, 1.54) is 9.80 Å². The van der Waals surface area contributed by atoms with Crippen LogP contribution in [0.2, 0.25) is 0 Å². The molecule has 0 atom stereocenters. The molecule has 0 saturated heterocycles. The van der Waals surface area contributed by atoms with Gasteiger partial charge in [0.25, 0.3) is 35.4 Å². The summed E-state index contributed by atoms with van der Waals surface area (Å²) in [6.07, 6.45) is 0. The molecule has 11 rings (SSSR count). The van der Waals surface area contributed by atoms with E-state index >= 15 is 0 Å². The smallest absolute Gasteiger partial charge is 0.265 e. The Labute approximate surface area is 389 Å². The van der Waals surface area contributed by atoms with Gasteiger partial charge in [0.15, 0.2) is 0 Å². The highest BCUT2D eigenvalue weighted by Gasteiger charge is 2.38. The van der Waals surface area contributed by atoms with Gasteiger partial charge in [-0.1, -0.05) is 24.3 Å². The van der Waals surface area contributed by atoms with E-state index in [2.05, 4.69) is 21.3 Å². The standard InChI is InChI=1S/C56H42N6O6/c1-29(2)57-51(63)31-5-9-33(10-6-31)59-35-13-17-37(18-14-35)61-53(65)43-25-21-39-41-23-27-45-50-46(28-24-42(48(41)50)40-22-26-44(54(61)66)49(43)47(39)40)56(68)62(55(45)67)38-19-15-36(16-20-38)60-34-11-7-32(8-12-34)52(64)58-30(3)4/h5-30,59-60H,1-4H3,(H,57,63)(H,58,64). The first-order valence-electron chi connectivity index (χ1n) is 22.4. The molecular weight excluding hydrogens is 853 g/mol. The van der Waals surface area contributed by atoms with E-state index in [0.717, 1.165) is 55.1 Å². The van der Waals surface area contributed by atoms with Gasteiger partial charge >= 0.3 is 0 Å². The van der Waals surface area contributed by atoms with E-state index < -0.39 is 23.6 Å². The van der Waals surface area contributed by atoms with Crippen LogP contribution in [-0.2, 0) is 0 Å². The molecule has 0 radical (unpaired) electrons. The molecular formula is C56H42N6O6. The van der Waals surface area contributed by atoms with Gasteiger partial charge in [-0.25, -0.2) is 9.80 Å². The molecule has 2 heterocycles. The second kappa shape index (κ2) is 15.9. The Morgan fingerprint density at radius 3 is 0.882 bits per heavy atom. The zero-order valence-electron chi connectivity index (χ0n) is 37.4. The quantitative estimate of drug-likeness (QED) is 0.0600. The number of hydrogen-bond donors (Lipinski definition) is 4. The van der Waals surface area contributed by atoms with Crippen LogP contribution >= 0.6 is 0 Å². The van der Waals surface area contributed by atoms with Crippen LogP contribution < -0.4 is 31.1 Å². The number of nitrogens with zero attached hydrogens (tertiary/aromatic N) is 2. The maximum Gasteiger partial charge on any atom is 0.265 e. The van der Waals surface area contributed by atoms with Crippen molar-refractivity contribution in [2.75, 3.05) is 20.4 Å². The molecule has 4 N–H and O–H groups in total. The van der Waals surface area contributed by atoms with Gasteiger partial charge in [0.05, 0.1) is 11.4 Å². The first kappa shape index (κ1) is 41.8. The number of imide groups is 2. The summed E-state index contributed by atoms with van der Waals surface area (Å²) in [5.41, 5.74) is 6.51. The lowest BCUT2D eigenvalue weighted by Gasteiger charge is -2.30. The maximum atomic E-state index is 14.4. The third-order valence-corrected chi connectivity index (χ3v) is 12.6. The Kier molecular flexibility index (Phi) is 9.78. The maximum absolute atomic E-state index is 14.4. The van der Waals surface area contributed by atoms with Crippen molar-refractivity contribution in [2.45, 2.75) is 39.8 Å². The summed E-state index contributed by atoms with van der Waals surface area (Å²) < 4.78 is 0. The number of hydrogen-bond acceptors (Lipinski definition) is 8. The highest BCUT2D eigenvalue weighted by atomic mass is 16.2. The van der Waals surface area contributed by atoms with Crippen molar-refractivity contribution in [3.8, 4) is 0 Å². The number of amides is 6. The molecule has 12 nitrogen and oxygen atoms in total. The number of fused-ring (bicyclic) bond motifs is 2. The van der Waals surface area contributed by atoms with Crippen molar-refractivity contribution < 1.29 is 28.8 Å². The summed E-state index contributed by atoms with van der Waals surface area (Å²) in [6.45, 7) is 7.63. The van der Waals surface area contributed by atoms with Crippen LogP contribution in [0.5, 0.6) is 0 Å². The van der Waals surface area contributed by atoms with E-state index in [-0.39, 0.29) is 23.9 Å². The molecule has 332 valence electrons. The average Bonchev–Trinajstić information content (AvgIpc) is 3.33. The number of anilines is 6. The summed E-state index contributed by atoms with van der Waals surface area (Å²) >= 11 is 0. The van der Waals surface area contributed by atoms with Gasteiger partial charge < -0.3 is 21.3 Å². The van der Waals surface area contributed by atoms with Crippen LogP contribution in [0.3, 0.4) is 0 Å². The highest BCUT2D eigenvalue weighted by Crippen LogP contribution is 2.47. The summed E-state index contributed by atoms with van der Waals surface area (Å²) in [5, 5.41) is 18.2. The minimum atomic E-state index is -0.444. The van der Waals surface area contributed by atoms with Crippen molar-refractivity contribution in [1.29, 1.82) is 0 Å². The van der Waals surface area contributed by atoms with Crippen LogP contribution in [0.15, 0.2) is 146 Å². The summed E-state index contributed by atoms with van der Waals surface area (Å²) in [6, 6.07) is 43.0. The second-order valence-electron chi connectivity index (χ2n) is 17.8. The van der Waals surface area contributed by atoms with Crippen LogP contribution in [-0.4, -0.2) is 47.5 Å². The molecule has 0 aliphatic carbocycles. The number of carbonyl (C=O) groups excluding carboxylic acids is 6. The summed E-state index contributed by atoms with van der Waals surface area (Å²) in [7, 11) is 0. The third-order valence-electron chi connectivity index (χ3n) is 12.6. The fraction of sp³-hybridized carbons (Fsp3) is 0.107. The molecule has 0 fully saturated rings. The third kappa shape index (κ3) is 6.76. The molecule has 0 bridgehead atoms. The Morgan fingerprint density at radius 2 is 0.618 bits per heavy atom. The first-order valence-corrected chi connectivity index (χ1v) is 22.4. The molecule has 0 saturated carbocycles. The molecule has 0 aromatic heterocycles. The Bertz CT molecular complexity index is 3260. The molecule has 12 heteroatoms. The van der Waals surface area contributed by atoms with E-state index in [0.29, 0.717) is 55.5 Å². The highest BCUT2D eigenvalue weighted by molar-refractivity contribution is 6.45. The van der Waals surface area contributed by atoms with Crippen LogP contribution in [0.25, 0.3) is 43.1 Å². The summed E-state index contributed by atoms with van der Waals surface area (Å²) in [4.78, 5) is 84.7. The Morgan fingerprint density at radius 1 is 0.353 bits per heavy atom. The van der Waals surface area contributed by atoms with Crippen LogP contribution in [0.4, 0.5) is 34.1 Å². The zero-order valence-corrected chi connectivity index (χ0v) is 37.4. The molecule has 9 aromatic carbocycles. The number of benzene rings is 9. The summed E-state index contributed by atoms with van der Waals surface area (Å²) in [5.74, 6) is -2.07. The van der Waals surface area contributed by atoms with Crippen molar-refractivity contribution >= 4 is 113 Å². The molecule has 2 aliphatic heterocycles. The molecule has 68 heavy (non-hydrogen) atoms. The van der Waals surface area contributed by atoms with E-state index in [1.54, 1.807) is 97.1 Å². The number of carbonyl (C=O) groups is 6. The molecule has 9 aromatic rings. The van der Waals surface area contributed by atoms with Crippen LogP contribution in [0, 0.1) is 0 Å². The van der Waals surface area contributed by atoms with Crippen molar-refractivity contribution in [3.05, 3.63) is 179 Å². The Hall–Kier alpha value is -8.90. The SMILES string of the molecule is CC(C)NC(=O)c1ccc(Nc2ccc(N3C(=O)c4ccc5c6ccc7c8c(ccc(c9ccc(c4c59)C3=O)c86)C(=O)N(c3ccc(Nc4ccc(C(=O)NC(C)C)cc4)cc3)C7=O)cc2)cc1. The van der Waals surface area contributed by atoms with E-state index in [1.807, 2.05) is 76.2 Å². The first-order chi connectivity index (χ1) is 32.8. The normalized spacial score (nSPS) is 13.4. The van der Waals surface area contributed by atoms with Gasteiger partial charge in [-0.15, -0.1) is 0 Å². The van der Waals surface area contributed by atoms with Gasteiger partial charge in [0.1, 0.15) is 0 Å². The number of nitrogens with one attached hydrogen (secondary N) is 4. The lowest BCUT2D eigenvalue weighted by atomic mass is 9.82. The lowest BCUT2D eigenvalue weighted by Crippen LogP contribution is -2.40. The van der Waals surface area contributed by atoms with Crippen molar-refractivity contribution in [3.63, 3.8) is 0 Å². The minimum absolute atomic E-state index is 0.0255. The number of rotatable bonds is 10. The predicted molar refractivity (Wildman–Crippen MR) is 267 cm³/mol. The van der Waals surface area contributed by atoms with Gasteiger partial charge in [-0.3, -0.25) is 28.8 Å². The fourth-order valence-electron chi connectivity index (χ4n) is 9.56. The topological polar surface area (TPSA) is 157 Å². The Balaban J connectivity index is 0.878. The van der Waals surface area contributed by atoms with Crippen molar-refractivity contribution in [1.82, 2.24) is 10.6 Å². The van der Waals surface area contributed by atoms with Gasteiger partial charge in [-0.2, -0.15) is 0 Å². The molecule has 6 amide bonds. The molecule has 2 aliphatic rings. The second-order valence-corrected chi connectivity index (χ2v) is 17.8. The zero-order chi connectivity index (χ0) is 47.1. The van der Waals surface area contributed by atoms with Gasteiger partial charge in [0.2, 0.25) is 0 Å². The van der Waals surface area contributed by atoms with E-state index in [9.17, 15) is 28.8 Å². The van der Waals surface area contributed by atoms with Gasteiger partial charge in [0, 0.05) is 79.0 Å². The van der Waals surface area contributed by atoms with Crippen LogP contribution in [0.1, 0.15) is 89.8 Å². The van der Waals surface area contributed by atoms with E-state index in [4.69, 9.17) is 0 Å². The van der Waals surface area contributed by atoms with Crippen molar-refractivity contribution in [2.24, 2.45) is 0 Å². The molecule has 0 unspecified atom stereocenters. The van der Waals surface area contributed by atoms with Gasteiger partial charge in [-0.05, 0) is 181 Å².